The normalized spacial score (nSPS) is 15.3. The van der Waals surface area contributed by atoms with E-state index in [1.807, 2.05) is 0 Å². The Bertz CT molecular complexity index is 276. The van der Waals surface area contributed by atoms with Gasteiger partial charge in [0, 0.05) is 0 Å². The number of rotatable bonds is 6. The third-order valence-electron chi connectivity index (χ3n) is 1.82. The van der Waals surface area contributed by atoms with Gasteiger partial charge in [0.15, 0.2) is 9.84 Å². The van der Waals surface area contributed by atoms with Crippen LogP contribution < -0.4 is 5.73 Å². The molecule has 0 aliphatic rings. The summed E-state index contributed by atoms with van der Waals surface area (Å²) in [7, 11) is -3.55. The first-order valence-electron chi connectivity index (χ1n) is 4.31. The largest absolute Gasteiger partial charge is 0.522 e. The molecule has 0 aromatic carbocycles. The minimum absolute atomic E-state index is 0.181. The lowest BCUT2D eigenvalue weighted by Gasteiger charge is -2.12. The molecule has 0 saturated carbocycles. The lowest BCUT2D eigenvalue weighted by atomic mass is 10.3. The minimum atomic E-state index is -4.79. The Labute approximate surface area is 86.5 Å². The van der Waals surface area contributed by atoms with Crippen LogP contribution in [0.15, 0.2) is 0 Å². The summed E-state index contributed by atoms with van der Waals surface area (Å²) in [4.78, 5) is 0. The molecule has 1 atom stereocenters. The second-order valence-electron chi connectivity index (χ2n) is 3.05. The van der Waals surface area contributed by atoms with Gasteiger partial charge in [-0.2, -0.15) is 0 Å². The van der Waals surface area contributed by atoms with Crippen molar-refractivity contribution in [3.63, 3.8) is 0 Å². The monoisotopic (exact) mass is 249 g/mol. The molecule has 1 unspecified atom stereocenters. The molecule has 0 fully saturated rings. The minimum Gasteiger partial charge on any atom is -0.330 e. The molecule has 8 heteroatoms. The van der Waals surface area contributed by atoms with E-state index in [0.717, 1.165) is 0 Å². The first-order chi connectivity index (χ1) is 6.69. The lowest BCUT2D eigenvalue weighted by Crippen LogP contribution is -2.27. The SMILES string of the molecule is CC(CCN)S(=O)(=O)CCOC(F)(F)F. The van der Waals surface area contributed by atoms with Gasteiger partial charge in [-0.25, -0.2) is 8.42 Å². The predicted octanol–water partition coefficient (Wildman–Crippen LogP) is 0.675. The summed E-state index contributed by atoms with van der Waals surface area (Å²) in [5.41, 5.74) is 5.15. The van der Waals surface area contributed by atoms with Crippen LogP contribution in [0, 0.1) is 0 Å². The Hall–Kier alpha value is -0.340. The third-order valence-corrected chi connectivity index (χ3v) is 4.02. The molecule has 0 spiro atoms. The van der Waals surface area contributed by atoms with Gasteiger partial charge in [0.05, 0.1) is 17.6 Å². The number of nitrogens with two attached hydrogens (primary N) is 1. The molecular formula is C7H14F3NO3S. The van der Waals surface area contributed by atoms with Crippen molar-refractivity contribution in [2.24, 2.45) is 5.73 Å². The van der Waals surface area contributed by atoms with Crippen molar-refractivity contribution in [1.82, 2.24) is 0 Å². The van der Waals surface area contributed by atoms with Gasteiger partial charge >= 0.3 is 6.36 Å². The van der Waals surface area contributed by atoms with E-state index in [9.17, 15) is 21.6 Å². The molecule has 0 saturated heterocycles. The van der Waals surface area contributed by atoms with E-state index >= 15 is 0 Å². The zero-order valence-corrected chi connectivity index (χ0v) is 9.07. The maximum absolute atomic E-state index is 11.5. The molecule has 0 aliphatic carbocycles. The van der Waals surface area contributed by atoms with Crippen LogP contribution in [0.3, 0.4) is 0 Å². The molecule has 4 nitrogen and oxygen atoms in total. The summed E-state index contributed by atoms with van der Waals surface area (Å²) in [5.74, 6) is -0.645. The third kappa shape index (κ3) is 6.69. The van der Waals surface area contributed by atoms with Gasteiger partial charge in [0.1, 0.15) is 0 Å². The summed E-state index contributed by atoms with van der Waals surface area (Å²) in [5, 5.41) is -0.737. The van der Waals surface area contributed by atoms with E-state index in [4.69, 9.17) is 5.73 Å². The van der Waals surface area contributed by atoms with Gasteiger partial charge in [-0.1, -0.05) is 0 Å². The fraction of sp³-hybridized carbons (Fsp3) is 1.00. The lowest BCUT2D eigenvalue weighted by molar-refractivity contribution is -0.322. The average Bonchev–Trinajstić information content (AvgIpc) is 2.01. The summed E-state index contributed by atoms with van der Waals surface area (Å²) in [6.45, 7) is 0.719. The van der Waals surface area contributed by atoms with Gasteiger partial charge in [0.2, 0.25) is 0 Å². The van der Waals surface area contributed by atoms with Crippen LogP contribution in [-0.4, -0.2) is 38.9 Å². The van der Waals surface area contributed by atoms with E-state index < -0.39 is 33.8 Å². The summed E-state index contributed by atoms with van der Waals surface area (Å²) in [6, 6.07) is 0. The molecule has 15 heavy (non-hydrogen) atoms. The Kier molecular flexibility index (Phi) is 5.54. The molecule has 0 bridgehead atoms. The zero-order valence-electron chi connectivity index (χ0n) is 8.25. The van der Waals surface area contributed by atoms with Crippen LogP contribution in [0.4, 0.5) is 13.2 Å². The smallest absolute Gasteiger partial charge is 0.330 e. The fourth-order valence-corrected chi connectivity index (χ4v) is 2.10. The van der Waals surface area contributed by atoms with Crippen molar-refractivity contribution in [2.75, 3.05) is 18.9 Å². The van der Waals surface area contributed by atoms with Crippen molar-refractivity contribution in [2.45, 2.75) is 25.0 Å². The molecule has 0 amide bonds. The Balaban J connectivity index is 4.06. The molecule has 92 valence electrons. The Morgan fingerprint density at radius 1 is 1.40 bits per heavy atom. The van der Waals surface area contributed by atoms with Gasteiger partial charge in [-0.15, -0.1) is 13.2 Å². The van der Waals surface area contributed by atoms with Crippen LogP contribution in [0.5, 0.6) is 0 Å². The van der Waals surface area contributed by atoms with Crippen LogP contribution in [0.2, 0.25) is 0 Å². The molecule has 0 rings (SSSR count). The number of hydrogen-bond acceptors (Lipinski definition) is 4. The van der Waals surface area contributed by atoms with Gasteiger partial charge < -0.3 is 5.73 Å². The standard InChI is InChI=1S/C7H14F3NO3S/c1-6(2-3-11)15(12,13)5-4-14-7(8,9)10/h6H,2-5,11H2,1H3. The molecule has 0 aromatic rings. The van der Waals surface area contributed by atoms with E-state index in [2.05, 4.69) is 4.74 Å². The highest BCUT2D eigenvalue weighted by Crippen LogP contribution is 2.16. The first-order valence-corrected chi connectivity index (χ1v) is 6.03. The second kappa shape index (κ2) is 5.66. The van der Waals surface area contributed by atoms with Gasteiger partial charge in [0.25, 0.3) is 0 Å². The van der Waals surface area contributed by atoms with Crippen molar-refractivity contribution in [3.8, 4) is 0 Å². The fourth-order valence-electron chi connectivity index (χ4n) is 0.889. The van der Waals surface area contributed by atoms with Crippen LogP contribution >= 0.6 is 0 Å². The summed E-state index contributed by atoms with van der Waals surface area (Å²) < 4.78 is 60.6. The van der Waals surface area contributed by atoms with Crippen LogP contribution in [0.25, 0.3) is 0 Å². The van der Waals surface area contributed by atoms with E-state index in [1.165, 1.54) is 6.92 Å². The molecule has 0 heterocycles. The van der Waals surface area contributed by atoms with E-state index in [1.54, 1.807) is 0 Å². The highest BCUT2D eigenvalue weighted by Gasteiger charge is 2.30. The quantitative estimate of drug-likeness (QED) is 0.751. The highest BCUT2D eigenvalue weighted by molar-refractivity contribution is 7.92. The second-order valence-corrected chi connectivity index (χ2v) is 5.59. The highest BCUT2D eigenvalue weighted by atomic mass is 32.2. The van der Waals surface area contributed by atoms with E-state index in [-0.39, 0.29) is 13.0 Å². The first kappa shape index (κ1) is 14.7. The molecule has 0 radical (unpaired) electrons. The van der Waals surface area contributed by atoms with Crippen LogP contribution in [-0.2, 0) is 14.6 Å². The number of hydrogen-bond donors (Lipinski definition) is 1. The summed E-state index contributed by atoms with van der Waals surface area (Å²) >= 11 is 0. The van der Waals surface area contributed by atoms with Crippen molar-refractivity contribution >= 4 is 9.84 Å². The average molecular weight is 249 g/mol. The zero-order chi connectivity index (χ0) is 12.1. The maximum Gasteiger partial charge on any atom is 0.522 e. The number of sulfone groups is 1. The predicted molar refractivity (Wildman–Crippen MR) is 48.9 cm³/mol. The Morgan fingerprint density at radius 2 is 1.93 bits per heavy atom. The molecule has 0 aromatic heterocycles. The van der Waals surface area contributed by atoms with Crippen molar-refractivity contribution in [1.29, 1.82) is 0 Å². The van der Waals surface area contributed by atoms with Crippen molar-refractivity contribution < 1.29 is 26.3 Å². The van der Waals surface area contributed by atoms with Crippen molar-refractivity contribution in [3.05, 3.63) is 0 Å². The topological polar surface area (TPSA) is 69.4 Å². The van der Waals surface area contributed by atoms with E-state index in [0.29, 0.717) is 0 Å². The number of alkyl halides is 3. The Morgan fingerprint density at radius 3 is 2.33 bits per heavy atom. The summed E-state index contributed by atoms with van der Waals surface area (Å²) in [6.07, 6.45) is -4.55. The van der Waals surface area contributed by atoms with Gasteiger partial charge in [-0.3, -0.25) is 4.74 Å². The molecule has 0 aliphatic heterocycles. The number of halogens is 3. The molecule has 2 N–H and O–H groups in total. The van der Waals surface area contributed by atoms with Gasteiger partial charge in [-0.05, 0) is 19.9 Å². The molecular weight excluding hydrogens is 235 g/mol. The number of ether oxygens (including phenoxy) is 1. The van der Waals surface area contributed by atoms with Crippen LogP contribution in [0.1, 0.15) is 13.3 Å². The maximum atomic E-state index is 11.5.